The molecule has 0 aliphatic carbocycles. The van der Waals surface area contributed by atoms with E-state index in [2.05, 4.69) is 10.1 Å². The minimum Gasteiger partial charge on any atom is -0.493 e. The van der Waals surface area contributed by atoms with Crippen LogP contribution in [-0.4, -0.2) is 52.8 Å². The largest absolute Gasteiger partial charge is 0.493 e. The molecule has 1 aliphatic rings. The Hall–Kier alpha value is -3.14. The first-order chi connectivity index (χ1) is 13.7. The number of benzene rings is 1. The summed E-state index contributed by atoms with van der Waals surface area (Å²) in [5, 5.41) is 14.3. The van der Waals surface area contributed by atoms with E-state index in [0.717, 1.165) is 0 Å². The Balaban J connectivity index is 1.92. The van der Waals surface area contributed by atoms with Crippen LogP contribution in [0.15, 0.2) is 47.8 Å². The number of amides is 1. The summed E-state index contributed by atoms with van der Waals surface area (Å²) >= 11 is 0. The van der Waals surface area contributed by atoms with E-state index in [1.807, 2.05) is 0 Å². The molecule has 0 radical (unpaired) electrons. The van der Waals surface area contributed by atoms with Gasteiger partial charge < -0.3 is 14.6 Å². The van der Waals surface area contributed by atoms with Crippen molar-refractivity contribution in [1.82, 2.24) is 9.99 Å². The molecule has 0 saturated carbocycles. The second-order valence-electron chi connectivity index (χ2n) is 6.35. The van der Waals surface area contributed by atoms with Gasteiger partial charge in [0.1, 0.15) is 0 Å². The molecule has 3 rings (SSSR count). The van der Waals surface area contributed by atoms with Gasteiger partial charge in [-0.1, -0.05) is 6.07 Å². The average molecular weight is 409 g/mol. The van der Waals surface area contributed by atoms with Gasteiger partial charge >= 0.3 is 6.18 Å². The van der Waals surface area contributed by atoms with Gasteiger partial charge in [0.05, 0.1) is 32.8 Å². The summed E-state index contributed by atoms with van der Waals surface area (Å²) in [4.78, 5) is 16.5. The summed E-state index contributed by atoms with van der Waals surface area (Å²) in [6, 6.07) is 7.45. The molecule has 1 amide bonds. The smallest absolute Gasteiger partial charge is 0.438 e. The van der Waals surface area contributed by atoms with Crippen LogP contribution >= 0.6 is 0 Å². The summed E-state index contributed by atoms with van der Waals surface area (Å²) in [6.07, 6.45) is -3.63. The van der Waals surface area contributed by atoms with E-state index in [9.17, 15) is 23.1 Å². The van der Waals surface area contributed by atoms with E-state index in [4.69, 9.17) is 9.47 Å². The predicted octanol–water partition coefficient (Wildman–Crippen LogP) is 2.53. The molecule has 2 aromatic rings. The minimum atomic E-state index is -5.10. The van der Waals surface area contributed by atoms with Crippen molar-refractivity contribution in [1.29, 1.82) is 0 Å². The molecule has 0 spiro atoms. The lowest BCUT2D eigenvalue weighted by Crippen LogP contribution is -2.57. The van der Waals surface area contributed by atoms with Crippen molar-refractivity contribution in [2.24, 2.45) is 5.10 Å². The zero-order valence-corrected chi connectivity index (χ0v) is 15.6. The number of aliphatic hydroxyl groups is 1. The quantitative estimate of drug-likeness (QED) is 0.821. The van der Waals surface area contributed by atoms with Gasteiger partial charge in [0.2, 0.25) is 5.91 Å². The van der Waals surface area contributed by atoms with Gasteiger partial charge in [0.15, 0.2) is 11.5 Å². The number of ether oxygens (including phenoxy) is 2. The first kappa shape index (κ1) is 20.6. The van der Waals surface area contributed by atoms with Gasteiger partial charge in [-0.2, -0.15) is 23.3 Å². The fraction of sp³-hybridized carbons (Fsp3) is 0.316. The van der Waals surface area contributed by atoms with Crippen LogP contribution in [-0.2, 0) is 11.2 Å². The van der Waals surface area contributed by atoms with Crippen LogP contribution in [0, 0.1) is 0 Å². The number of hydrogen-bond acceptors (Lipinski definition) is 6. The number of hydrogen-bond donors (Lipinski definition) is 1. The summed E-state index contributed by atoms with van der Waals surface area (Å²) in [6.45, 7) is 0. The second kappa shape index (κ2) is 7.70. The maximum atomic E-state index is 13.6. The highest BCUT2D eigenvalue weighted by Crippen LogP contribution is 2.41. The summed E-state index contributed by atoms with van der Waals surface area (Å²) in [7, 11) is 2.84. The highest BCUT2D eigenvalue weighted by Gasteiger charge is 2.63. The molecule has 154 valence electrons. The standard InChI is InChI=1S/C19H18F3N3O4/c1-28-15-4-3-12(9-16(15)29-2)10-17(26)25-18(27,19(20,21)22)11-14(24-25)13-5-7-23-8-6-13/h3-9,27H,10-11H2,1-2H3. The molecule has 1 aromatic heterocycles. The molecule has 1 unspecified atom stereocenters. The van der Waals surface area contributed by atoms with Crippen LogP contribution in [0.1, 0.15) is 17.5 Å². The molecule has 0 fully saturated rings. The van der Waals surface area contributed by atoms with E-state index in [1.165, 1.54) is 56.9 Å². The molecule has 1 N–H and O–H groups in total. The first-order valence-electron chi connectivity index (χ1n) is 8.50. The van der Waals surface area contributed by atoms with E-state index in [-0.39, 0.29) is 10.7 Å². The number of aromatic nitrogens is 1. The third kappa shape index (κ3) is 3.88. The van der Waals surface area contributed by atoms with Crippen molar-refractivity contribution in [2.45, 2.75) is 24.7 Å². The number of carbonyl (C=O) groups is 1. The van der Waals surface area contributed by atoms with Gasteiger partial charge in [-0.05, 0) is 29.8 Å². The Morgan fingerprint density at radius 1 is 1.17 bits per heavy atom. The lowest BCUT2D eigenvalue weighted by atomic mass is 10.0. The maximum Gasteiger partial charge on any atom is 0.438 e. The summed E-state index contributed by atoms with van der Waals surface area (Å²) in [5.74, 6) is -0.276. The summed E-state index contributed by atoms with van der Waals surface area (Å²) in [5.41, 5.74) is -2.78. The monoisotopic (exact) mass is 409 g/mol. The van der Waals surface area contributed by atoms with Gasteiger partial charge in [0, 0.05) is 18.0 Å². The number of hydrazone groups is 1. The number of rotatable bonds is 5. The van der Waals surface area contributed by atoms with Crippen molar-refractivity contribution in [2.75, 3.05) is 14.2 Å². The van der Waals surface area contributed by atoms with Crippen molar-refractivity contribution in [3.8, 4) is 11.5 Å². The number of carbonyl (C=O) groups excluding carboxylic acids is 1. The SMILES string of the molecule is COc1ccc(CC(=O)N2N=C(c3ccncc3)CC2(O)C(F)(F)F)cc1OC. The zero-order valence-electron chi connectivity index (χ0n) is 15.6. The molecule has 7 nitrogen and oxygen atoms in total. The van der Waals surface area contributed by atoms with Crippen molar-refractivity contribution >= 4 is 11.6 Å². The summed E-state index contributed by atoms with van der Waals surface area (Å²) < 4.78 is 51.1. The maximum absolute atomic E-state index is 13.6. The minimum absolute atomic E-state index is 0.0621. The van der Waals surface area contributed by atoms with Gasteiger partial charge in [-0.3, -0.25) is 9.78 Å². The van der Waals surface area contributed by atoms with E-state index in [0.29, 0.717) is 22.6 Å². The average Bonchev–Trinajstić information content (AvgIpc) is 3.07. The van der Waals surface area contributed by atoms with E-state index in [1.54, 1.807) is 0 Å². The highest BCUT2D eigenvalue weighted by atomic mass is 19.4. The van der Waals surface area contributed by atoms with Gasteiger partial charge in [-0.15, -0.1) is 0 Å². The Morgan fingerprint density at radius 3 is 2.41 bits per heavy atom. The Bertz CT molecular complexity index is 934. The molecule has 2 heterocycles. The topological polar surface area (TPSA) is 84.2 Å². The van der Waals surface area contributed by atoms with Crippen molar-refractivity contribution in [3.05, 3.63) is 53.9 Å². The van der Waals surface area contributed by atoms with Crippen LogP contribution in [0.25, 0.3) is 0 Å². The number of halogens is 3. The van der Waals surface area contributed by atoms with Crippen LogP contribution in [0.2, 0.25) is 0 Å². The molecule has 10 heteroatoms. The van der Waals surface area contributed by atoms with Crippen LogP contribution in [0.3, 0.4) is 0 Å². The molecule has 1 aliphatic heterocycles. The normalized spacial score (nSPS) is 19.1. The lowest BCUT2D eigenvalue weighted by Gasteiger charge is -2.32. The Morgan fingerprint density at radius 2 is 1.83 bits per heavy atom. The molecule has 0 bridgehead atoms. The van der Waals surface area contributed by atoms with Crippen LogP contribution in [0.5, 0.6) is 11.5 Å². The molecular formula is C19H18F3N3O4. The number of nitrogens with zero attached hydrogens (tertiary/aromatic N) is 3. The van der Waals surface area contributed by atoms with Crippen molar-refractivity contribution in [3.63, 3.8) is 0 Å². The Labute approximate surface area is 164 Å². The van der Waals surface area contributed by atoms with E-state index >= 15 is 0 Å². The fourth-order valence-electron chi connectivity index (χ4n) is 2.97. The Kier molecular flexibility index (Phi) is 5.47. The highest BCUT2D eigenvalue weighted by molar-refractivity contribution is 6.03. The molecule has 1 atom stereocenters. The van der Waals surface area contributed by atoms with E-state index < -0.39 is 30.7 Å². The van der Waals surface area contributed by atoms with Crippen molar-refractivity contribution < 1.29 is 32.5 Å². The third-order valence-corrected chi connectivity index (χ3v) is 4.49. The first-order valence-corrected chi connectivity index (χ1v) is 8.50. The number of alkyl halides is 3. The number of pyridine rings is 1. The van der Waals surface area contributed by atoms with Crippen LogP contribution < -0.4 is 9.47 Å². The van der Waals surface area contributed by atoms with Gasteiger partial charge in [-0.25, -0.2) is 0 Å². The van der Waals surface area contributed by atoms with Crippen LogP contribution in [0.4, 0.5) is 13.2 Å². The lowest BCUT2D eigenvalue weighted by molar-refractivity contribution is -0.302. The molecule has 1 aromatic carbocycles. The molecule has 29 heavy (non-hydrogen) atoms. The van der Waals surface area contributed by atoms with Gasteiger partial charge in [0.25, 0.3) is 5.72 Å². The number of methoxy groups -OCH3 is 2. The second-order valence-corrected chi connectivity index (χ2v) is 6.35. The molecular weight excluding hydrogens is 391 g/mol. The predicted molar refractivity (Wildman–Crippen MR) is 96.5 cm³/mol. The fourth-order valence-corrected chi connectivity index (χ4v) is 2.97. The zero-order chi connectivity index (χ0) is 21.2. The third-order valence-electron chi connectivity index (χ3n) is 4.49. The molecule has 0 saturated heterocycles.